The molecule has 0 spiro atoms. The van der Waals surface area contributed by atoms with E-state index in [4.69, 9.17) is 0 Å². The molecule has 1 aromatic carbocycles. The summed E-state index contributed by atoms with van der Waals surface area (Å²) < 4.78 is 1.85. The second kappa shape index (κ2) is 7.59. The summed E-state index contributed by atoms with van der Waals surface area (Å²) in [6.07, 6.45) is 2.01. The van der Waals surface area contributed by atoms with Crippen LogP contribution >= 0.6 is 0 Å². The van der Waals surface area contributed by atoms with Gasteiger partial charge in [-0.05, 0) is 18.6 Å². The maximum atomic E-state index is 12.1. The molecule has 0 unspecified atom stereocenters. The minimum atomic E-state index is -0.119. The zero-order valence-electron chi connectivity index (χ0n) is 13.1. The monoisotopic (exact) mass is 302 g/mol. The SMILES string of the molecule is CCCCNC(=O)Cn1c(CNC(C)=O)nc2ccccc21. The van der Waals surface area contributed by atoms with Gasteiger partial charge in [-0.2, -0.15) is 0 Å². The number of benzene rings is 1. The van der Waals surface area contributed by atoms with Crippen LogP contribution in [-0.4, -0.2) is 27.9 Å². The molecule has 0 fully saturated rings. The molecule has 2 aromatic rings. The highest BCUT2D eigenvalue weighted by Gasteiger charge is 2.13. The molecule has 118 valence electrons. The fraction of sp³-hybridized carbons (Fsp3) is 0.438. The predicted octanol–water partition coefficient (Wildman–Crippen LogP) is 1.59. The Bertz CT molecular complexity index is 663. The molecule has 0 aliphatic heterocycles. The molecule has 0 saturated carbocycles. The number of aromatic nitrogens is 2. The van der Waals surface area contributed by atoms with Crippen LogP contribution in [0.3, 0.4) is 0 Å². The summed E-state index contributed by atoms with van der Waals surface area (Å²) in [7, 11) is 0. The second-order valence-electron chi connectivity index (χ2n) is 5.22. The topological polar surface area (TPSA) is 76.0 Å². The standard InChI is InChI=1S/C16H22N4O2/c1-3-4-9-17-16(22)11-20-14-8-6-5-7-13(14)19-15(20)10-18-12(2)21/h5-8H,3-4,9-11H2,1-2H3,(H,17,22)(H,18,21). The Labute approximate surface area is 129 Å². The molecule has 0 atom stereocenters. The number of hydrogen-bond acceptors (Lipinski definition) is 3. The van der Waals surface area contributed by atoms with E-state index in [1.165, 1.54) is 6.92 Å². The van der Waals surface area contributed by atoms with Crippen molar-refractivity contribution < 1.29 is 9.59 Å². The first kappa shape index (κ1) is 16.0. The van der Waals surface area contributed by atoms with E-state index in [9.17, 15) is 9.59 Å². The van der Waals surface area contributed by atoms with Gasteiger partial charge in [0.05, 0.1) is 17.6 Å². The van der Waals surface area contributed by atoms with Crippen molar-refractivity contribution >= 4 is 22.8 Å². The number of nitrogens with zero attached hydrogens (tertiary/aromatic N) is 2. The van der Waals surface area contributed by atoms with Gasteiger partial charge in [-0.25, -0.2) is 4.98 Å². The zero-order chi connectivity index (χ0) is 15.9. The molecule has 6 nitrogen and oxygen atoms in total. The number of carbonyl (C=O) groups is 2. The van der Waals surface area contributed by atoms with E-state index < -0.39 is 0 Å². The Morgan fingerprint density at radius 1 is 1.23 bits per heavy atom. The van der Waals surface area contributed by atoms with Crippen LogP contribution in [0.25, 0.3) is 11.0 Å². The van der Waals surface area contributed by atoms with Crippen LogP contribution in [0.2, 0.25) is 0 Å². The van der Waals surface area contributed by atoms with E-state index in [1.807, 2.05) is 28.8 Å². The molecular formula is C16H22N4O2. The van der Waals surface area contributed by atoms with Crippen molar-refractivity contribution in [3.05, 3.63) is 30.1 Å². The summed E-state index contributed by atoms with van der Waals surface area (Å²) in [5.74, 6) is 0.522. The number of carbonyl (C=O) groups excluding carboxylic acids is 2. The molecule has 2 amide bonds. The molecule has 0 saturated heterocycles. The number of nitrogens with one attached hydrogen (secondary N) is 2. The molecule has 22 heavy (non-hydrogen) atoms. The van der Waals surface area contributed by atoms with Gasteiger partial charge in [0.25, 0.3) is 0 Å². The minimum Gasteiger partial charge on any atom is -0.355 e. The third-order valence-corrected chi connectivity index (χ3v) is 3.38. The lowest BCUT2D eigenvalue weighted by Gasteiger charge is -2.10. The first-order valence-electron chi connectivity index (χ1n) is 7.57. The summed E-state index contributed by atoms with van der Waals surface area (Å²) >= 11 is 0. The van der Waals surface area contributed by atoms with E-state index in [0.717, 1.165) is 23.9 Å². The minimum absolute atomic E-state index is 0.0410. The maximum absolute atomic E-state index is 12.1. The molecule has 6 heteroatoms. The fourth-order valence-corrected chi connectivity index (χ4v) is 2.24. The van der Waals surface area contributed by atoms with Crippen LogP contribution in [0, 0.1) is 0 Å². The Balaban J connectivity index is 2.19. The van der Waals surface area contributed by atoms with Gasteiger partial charge in [0.15, 0.2) is 0 Å². The molecule has 0 bridgehead atoms. The highest BCUT2D eigenvalue weighted by atomic mass is 16.2. The Hall–Kier alpha value is -2.37. The number of unbranched alkanes of at least 4 members (excludes halogenated alkanes) is 1. The van der Waals surface area contributed by atoms with Gasteiger partial charge in [0, 0.05) is 13.5 Å². The van der Waals surface area contributed by atoms with Crippen molar-refractivity contribution in [3.63, 3.8) is 0 Å². The van der Waals surface area contributed by atoms with E-state index in [0.29, 0.717) is 18.9 Å². The van der Waals surface area contributed by atoms with Gasteiger partial charge in [-0.15, -0.1) is 0 Å². The highest BCUT2D eigenvalue weighted by molar-refractivity contribution is 5.81. The van der Waals surface area contributed by atoms with Gasteiger partial charge in [0.1, 0.15) is 12.4 Å². The summed E-state index contributed by atoms with van der Waals surface area (Å²) in [6.45, 7) is 4.75. The molecule has 1 heterocycles. The normalized spacial score (nSPS) is 10.6. The van der Waals surface area contributed by atoms with Crippen molar-refractivity contribution in [1.29, 1.82) is 0 Å². The smallest absolute Gasteiger partial charge is 0.240 e. The number of amides is 2. The second-order valence-corrected chi connectivity index (χ2v) is 5.22. The lowest BCUT2D eigenvalue weighted by Crippen LogP contribution is -2.30. The molecule has 2 rings (SSSR count). The first-order valence-corrected chi connectivity index (χ1v) is 7.57. The lowest BCUT2D eigenvalue weighted by atomic mass is 10.3. The summed E-state index contributed by atoms with van der Waals surface area (Å²) in [4.78, 5) is 27.7. The van der Waals surface area contributed by atoms with Gasteiger partial charge < -0.3 is 15.2 Å². The molecule has 0 radical (unpaired) electrons. The quantitative estimate of drug-likeness (QED) is 0.763. The van der Waals surface area contributed by atoms with E-state index in [2.05, 4.69) is 22.5 Å². The average molecular weight is 302 g/mol. The van der Waals surface area contributed by atoms with Crippen LogP contribution in [0.4, 0.5) is 0 Å². The Morgan fingerprint density at radius 2 is 2.00 bits per heavy atom. The average Bonchev–Trinajstić information content (AvgIpc) is 2.83. The number of imidazole rings is 1. The third kappa shape index (κ3) is 4.07. The fourth-order valence-electron chi connectivity index (χ4n) is 2.24. The van der Waals surface area contributed by atoms with Crippen molar-refractivity contribution in [1.82, 2.24) is 20.2 Å². The molecule has 2 N–H and O–H groups in total. The molecule has 1 aromatic heterocycles. The van der Waals surface area contributed by atoms with Crippen LogP contribution in [0.1, 0.15) is 32.5 Å². The summed E-state index contributed by atoms with van der Waals surface area (Å²) in [5.41, 5.74) is 1.72. The van der Waals surface area contributed by atoms with Crippen molar-refractivity contribution in [2.75, 3.05) is 6.54 Å². The number of fused-ring (bicyclic) bond motifs is 1. The van der Waals surface area contributed by atoms with Crippen LogP contribution in [0.15, 0.2) is 24.3 Å². The Kier molecular flexibility index (Phi) is 5.52. The summed E-state index contributed by atoms with van der Waals surface area (Å²) in [6, 6.07) is 7.65. The van der Waals surface area contributed by atoms with Crippen LogP contribution in [-0.2, 0) is 22.7 Å². The maximum Gasteiger partial charge on any atom is 0.240 e. The van der Waals surface area contributed by atoms with Crippen molar-refractivity contribution in [2.24, 2.45) is 0 Å². The predicted molar refractivity (Wildman–Crippen MR) is 85.2 cm³/mol. The van der Waals surface area contributed by atoms with Crippen LogP contribution in [0.5, 0.6) is 0 Å². The van der Waals surface area contributed by atoms with E-state index in [1.54, 1.807) is 0 Å². The highest BCUT2D eigenvalue weighted by Crippen LogP contribution is 2.15. The van der Waals surface area contributed by atoms with E-state index in [-0.39, 0.29) is 18.4 Å². The third-order valence-electron chi connectivity index (χ3n) is 3.38. The van der Waals surface area contributed by atoms with Gasteiger partial charge >= 0.3 is 0 Å². The van der Waals surface area contributed by atoms with Gasteiger partial charge in [-0.3, -0.25) is 9.59 Å². The molecule has 0 aliphatic rings. The number of para-hydroxylation sites is 2. The molecular weight excluding hydrogens is 280 g/mol. The first-order chi connectivity index (χ1) is 10.6. The van der Waals surface area contributed by atoms with Gasteiger partial charge in [0.2, 0.25) is 11.8 Å². The summed E-state index contributed by atoms with van der Waals surface area (Å²) in [5, 5.41) is 5.64. The van der Waals surface area contributed by atoms with E-state index >= 15 is 0 Å². The number of rotatable bonds is 7. The van der Waals surface area contributed by atoms with Gasteiger partial charge in [-0.1, -0.05) is 25.5 Å². The Morgan fingerprint density at radius 3 is 2.73 bits per heavy atom. The van der Waals surface area contributed by atoms with Crippen molar-refractivity contribution in [3.8, 4) is 0 Å². The zero-order valence-corrected chi connectivity index (χ0v) is 13.1. The largest absolute Gasteiger partial charge is 0.355 e. The van der Waals surface area contributed by atoms with Crippen molar-refractivity contribution in [2.45, 2.75) is 39.8 Å². The molecule has 0 aliphatic carbocycles. The lowest BCUT2D eigenvalue weighted by molar-refractivity contribution is -0.121. The number of hydrogen-bond donors (Lipinski definition) is 2. The van der Waals surface area contributed by atoms with Crippen LogP contribution < -0.4 is 10.6 Å².